The van der Waals surface area contributed by atoms with Crippen LogP contribution in [-0.4, -0.2) is 24.7 Å². The zero-order chi connectivity index (χ0) is 6.53. The fraction of sp³-hybridized carbons (Fsp3) is 0.857. The highest BCUT2D eigenvalue weighted by Gasteiger charge is 2.09. The van der Waals surface area contributed by atoms with Crippen LogP contribution in [0.25, 0.3) is 0 Å². The first-order valence-corrected chi connectivity index (χ1v) is 3.55. The molecule has 1 heterocycles. The standard InChI is InChI=1S/C7H14NO/c1-2-9-7-8-5-3-4-6-8/h2H,3-7H2,1H3. The average Bonchev–Trinajstić information content (AvgIpc) is 2.34. The normalized spacial score (nSPS) is 21.0. The molecule has 0 amide bonds. The molecule has 0 bridgehead atoms. The first-order chi connectivity index (χ1) is 4.43. The van der Waals surface area contributed by atoms with Crippen molar-refractivity contribution in [3.8, 4) is 0 Å². The SMILES string of the molecule is C[CH]OCN1CCCC1. The van der Waals surface area contributed by atoms with E-state index in [9.17, 15) is 0 Å². The van der Waals surface area contributed by atoms with Crippen LogP contribution in [0.4, 0.5) is 0 Å². The van der Waals surface area contributed by atoms with E-state index in [0.717, 1.165) is 6.73 Å². The van der Waals surface area contributed by atoms with Crippen molar-refractivity contribution in [2.24, 2.45) is 0 Å². The number of nitrogens with zero attached hydrogens (tertiary/aromatic N) is 1. The van der Waals surface area contributed by atoms with E-state index in [-0.39, 0.29) is 0 Å². The topological polar surface area (TPSA) is 12.5 Å². The van der Waals surface area contributed by atoms with Gasteiger partial charge in [-0.1, -0.05) is 0 Å². The molecular weight excluding hydrogens is 114 g/mol. The Morgan fingerprint density at radius 2 is 2.11 bits per heavy atom. The molecule has 0 spiro atoms. The van der Waals surface area contributed by atoms with Gasteiger partial charge < -0.3 is 4.74 Å². The second-order valence-electron chi connectivity index (χ2n) is 2.36. The lowest BCUT2D eigenvalue weighted by atomic mass is 10.4. The minimum absolute atomic E-state index is 0.788. The van der Waals surface area contributed by atoms with Crippen LogP contribution in [0.5, 0.6) is 0 Å². The van der Waals surface area contributed by atoms with Crippen LogP contribution in [0.15, 0.2) is 0 Å². The van der Waals surface area contributed by atoms with Gasteiger partial charge in [-0.05, 0) is 19.8 Å². The lowest BCUT2D eigenvalue weighted by Crippen LogP contribution is -2.21. The van der Waals surface area contributed by atoms with Gasteiger partial charge in [-0.3, -0.25) is 4.90 Å². The summed E-state index contributed by atoms with van der Waals surface area (Å²) in [7, 11) is 0. The van der Waals surface area contributed by atoms with E-state index in [0.29, 0.717) is 0 Å². The highest BCUT2D eigenvalue weighted by atomic mass is 16.5. The number of hydrogen-bond donors (Lipinski definition) is 0. The highest BCUT2D eigenvalue weighted by Crippen LogP contribution is 2.06. The van der Waals surface area contributed by atoms with Crippen LogP contribution in [0.1, 0.15) is 19.8 Å². The van der Waals surface area contributed by atoms with Gasteiger partial charge in [0.1, 0.15) is 0 Å². The third-order valence-electron chi connectivity index (χ3n) is 1.62. The molecule has 0 aromatic heterocycles. The van der Waals surface area contributed by atoms with Crippen LogP contribution >= 0.6 is 0 Å². The Hall–Kier alpha value is -0.0800. The Labute approximate surface area is 56.8 Å². The number of rotatable bonds is 3. The summed E-state index contributed by atoms with van der Waals surface area (Å²) in [6, 6.07) is 0. The Balaban J connectivity index is 1.98. The van der Waals surface area contributed by atoms with E-state index in [2.05, 4.69) is 4.90 Å². The van der Waals surface area contributed by atoms with Gasteiger partial charge >= 0.3 is 0 Å². The van der Waals surface area contributed by atoms with E-state index >= 15 is 0 Å². The molecular formula is C7H14NO. The largest absolute Gasteiger partial charge is 0.360 e. The molecule has 1 rings (SSSR count). The van der Waals surface area contributed by atoms with Crippen molar-refractivity contribution < 1.29 is 4.74 Å². The molecule has 0 N–H and O–H groups in total. The smallest absolute Gasteiger partial charge is 0.0995 e. The minimum atomic E-state index is 0.788. The summed E-state index contributed by atoms with van der Waals surface area (Å²) < 4.78 is 5.12. The van der Waals surface area contributed by atoms with Crippen molar-refractivity contribution in [1.82, 2.24) is 4.90 Å². The molecule has 9 heavy (non-hydrogen) atoms. The molecule has 0 aromatic rings. The third-order valence-corrected chi connectivity index (χ3v) is 1.62. The van der Waals surface area contributed by atoms with Gasteiger partial charge in [-0.15, -0.1) is 0 Å². The quantitative estimate of drug-likeness (QED) is 0.567. The van der Waals surface area contributed by atoms with E-state index in [1.54, 1.807) is 6.61 Å². The lowest BCUT2D eigenvalue weighted by Gasteiger charge is -2.12. The van der Waals surface area contributed by atoms with Crippen molar-refractivity contribution in [2.75, 3.05) is 19.8 Å². The average molecular weight is 128 g/mol. The molecule has 1 radical (unpaired) electrons. The third kappa shape index (κ3) is 2.33. The van der Waals surface area contributed by atoms with E-state index in [4.69, 9.17) is 4.74 Å². The maximum Gasteiger partial charge on any atom is 0.0995 e. The fourth-order valence-electron chi connectivity index (χ4n) is 1.09. The first-order valence-electron chi connectivity index (χ1n) is 3.55. The predicted molar refractivity (Wildman–Crippen MR) is 36.7 cm³/mol. The van der Waals surface area contributed by atoms with Crippen LogP contribution < -0.4 is 0 Å². The fourth-order valence-corrected chi connectivity index (χ4v) is 1.09. The van der Waals surface area contributed by atoms with Gasteiger partial charge in [0.15, 0.2) is 0 Å². The van der Waals surface area contributed by atoms with E-state index in [1.807, 2.05) is 6.92 Å². The highest BCUT2D eigenvalue weighted by molar-refractivity contribution is 4.62. The lowest BCUT2D eigenvalue weighted by molar-refractivity contribution is 0.0855. The molecule has 1 aliphatic heterocycles. The minimum Gasteiger partial charge on any atom is -0.360 e. The number of likely N-dealkylation sites (tertiary alicyclic amines) is 1. The Morgan fingerprint density at radius 3 is 2.67 bits per heavy atom. The maximum atomic E-state index is 5.12. The predicted octanol–water partition coefficient (Wildman–Crippen LogP) is 1.24. The molecule has 1 saturated heterocycles. The summed E-state index contributed by atoms with van der Waals surface area (Å²) in [6.45, 7) is 6.88. The molecule has 53 valence electrons. The van der Waals surface area contributed by atoms with Crippen molar-refractivity contribution in [2.45, 2.75) is 19.8 Å². The van der Waals surface area contributed by atoms with E-state index in [1.165, 1.54) is 25.9 Å². The zero-order valence-electron chi connectivity index (χ0n) is 5.97. The first kappa shape index (κ1) is 7.03. The molecule has 0 saturated carbocycles. The molecule has 0 atom stereocenters. The molecule has 1 fully saturated rings. The van der Waals surface area contributed by atoms with Gasteiger partial charge in [-0.2, -0.15) is 0 Å². The second-order valence-corrected chi connectivity index (χ2v) is 2.36. The monoisotopic (exact) mass is 128 g/mol. The second kappa shape index (κ2) is 3.85. The van der Waals surface area contributed by atoms with Crippen molar-refractivity contribution in [1.29, 1.82) is 0 Å². The Bertz CT molecular complexity index is 69.3. The van der Waals surface area contributed by atoms with Crippen molar-refractivity contribution in [3.63, 3.8) is 0 Å². The van der Waals surface area contributed by atoms with Gasteiger partial charge in [0.25, 0.3) is 0 Å². The van der Waals surface area contributed by atoms with E-state index < -0.39 is 0 Å². The van der Waals surface area contributed by atoms with Crippen molar-refractivity contribution in [3.05, 3.63) is 6.61 Å². The Kier molecular flexibility index (Phi) is 3.01. The summed E-state index contributed by atoms with van der Waals surface area (Å²) in [5.41, 5.74) is 0. The Morgan fingerprint density at radius 1 is 1.44 bits per heavy atom. The molecule has 0 unspecified atom stereocenters. The van der Waals surface area contributed by atoms with Gasteiger partial charge in [-0.25, -0.2) is 0 Å². The molecule has 2 nitrogen and oxygen atoms in total. The molecule has 1 aliphatic rings. The molecule has 0 aromatic carbocycles. The summed E-state index contributed by atoms with van der Waals surface area (Å²) >= 11 is 0. The maximum absolute atomic E-state index is 5.12. The van der Waals surface area contributed by atoms with Gasteiger partial charge in [0.05, 0.1) is 13.3 Å². The number of hydrogen-bond acceptors (Lipinski definition) is 2. The molecule has 2 heteroatoms. The summed E-state index contributed by atoms with van der Waals surface area (Å²) in [5, 5.41) is 0. The van der Waals surface area contributed by atoms with Gasteiger partial charge in [0, 0.05) is 13.1 Å². The summed E-state index contributed by atoms with van der Waals surface area (Å²) in [4.78, 5) is 2.32. The zero-order valence-corrected chi connectivity index (χ0v) is 5.97. The number of ether oxygens (including phenoxy) is 1. The van der Waals surface area contributed by atoms with Crippen LogP contribution in [-0.2, 0) is 4.74 Å². The summed E-state index contributed by atoms with van der Waals surface area (Å²) in [5.74, 6) is 0. The van der Waals surface area contributed by atoms with Crippen LogP contribution in [0, 0.1) is 6.61 Å². The molecule has 0 aliphatic carbocycles. The van der Waals surface area contributed by atoms with Crippen LogP contribution in [0.2, 0.25) is 0 Å². The van der Waals surface area contributed by atoms with Crippen LogP contribution in [0.3, 0.4) is 0 Å². The van der Waals surface area contributed by atoms with Crippen molar-refractivity contribution >= 4 is 0 Å². The summed E-state index contributed by atoms with van der Waals surface area (Å²) in [6.07, 6.45) is 2.68. The van der Waals surface area contributed by atoms with Gasteiger partial charge in [0.2, 0.25) is 0 Å².